The molecule has 0 saturated carbocycles. The van der Waals surface area contributed by atoms with Crippen molar-refractivity contribution in [2.45, 2.75) is 104 Å². The van der Waals surface area contributed by atoms with Gasteiger partial charge >= 0.3 is 0 Å². The molecule has 1 aliphatic heterocycles. The number of aliphatic hydroxyl groups is 1. The monoisotopic (exact) mass is 312 g/mol. The lowest BCUT2D eigenvalue weighted by Gasteiger charge is -2.15. The van der Waals surface area contributed by atoms with E-state index in [9.17, 15) is 0 Å². The molecule has 2 heteroatoms. The summed E-state index contributed by atoms with van der Waals surface area (Å²) in [5.74, 6) is 2.59. The number of ether oxygens (including phenoxy) is 1. The summed E-state index contributed by atoms with van der Waals surface area (Å²) < 4.78 is 5.55. The van der Waals surface area contributed by atoms with Crippen molar-refractivity contribution in [3.8, 4) is 0 Å². The maximum atomic E-state index is 9.09. The summed E-state index contributed by atoms with van der Waals surface area (Å²) in [6.07, 6.45) is 12.1. The highest BCUT2D eigenvalue weighted by atomic mass is 16.6. The molecule has 1 heterocycles. The van der Waals surface area contributed by atoms with E-state index in [1.807, 2.05) is 0 Å². The first kappa shape index (κ1) is 20.0. The summed E-state index contributed by atoms with van der Waals surface area (Å²) in [5.41, 5.74) is -0.0145. The summed E-state index contributed by atoms with van der Waals surface area (Å²) in [6.45, 7) is 11.8. The van der Waals surface area contributed by atoms with Crippen molar-refractivity contribution >= 4 is 0 Å². The van der Waals surface area contributed by atoms with E-state index in [1.165, 1.54) is 51.4 Å². The van der Waals surface area contributed by atoms with Crippen LogP contribution in [0.3, 0.4) is 0 Å². The Balaban J connectivity index is 1.96. The molecule has 0 amide bonds. The third-order valence-electron chi connectivity index (χ3n) is 5.44. The summed E-state index contributed by atoms with van der Waals surface area (Å²) in [4.78, 5) is 0. The molecular weight excluding hydrogens is 272 g/mol. The van der Waals surface area contributed by atoms with Crippen LogP contribution < -0.4 is 0 Å². The molecule has 1 fully saturated rings. The molecule has 1 aliphatic rings. The normalized spacial score (nSPS) is 27.1. The van der Waals surface area contributed by atoms with Gasteiger partial charge in [-0.25, -0.2) is 0 Å². The van der Waals surface area contributed by atoms with Crippen LogP contribution in [0, 0.1) is 17.8 Å². The first-order valence-electron chi connectivity index (χ1n) is 9.66. The Hall–Kier alpha value is -0.0800. The smallest absolute Gasteiger partial charge is 0.110 e. The fourth-order valence-electron chi connectivity index (χ4n) is 3.52. The van der Waals surface area contributed by atoms with E-state index in [0.29, 0.717) is 0 Å². The highest BCUT2D eigenvalue weighted by Gasteiger charge is 2.50. The van der Waals surface area contributed by atoms with Crippen molar-refractivity contribution in [3.05, 3.63) is 0 Å². The molecule has 2 nitrogen and oxygen atoms in total. The quantitative estimate of drug-likeness (QED) is 0.451. The van der Waals surface area contributed by atoms with Crippen LogP contribution in [0.4, 0.5) is 0 Å². The van der Waals surface area contributed by atoms with Crippen molar-refractivity contribution in [1.82, 2.24) is 0 Å². The highest BCUT2D eigenvalue weighted by Crippen LogP contribution is 2.40. The standard InChI is InChI=1S/C20H40O2/c1-16(2)9-6-10-17(3)11-7-12-18(4)13-8-14-20(5)19(15-21)22-20/h16-19,21H,6-15H2,1-5H3/t17-,18-,19-,20-/m1/s1. The Labute approximate surface area is 139 Å². The summed E-state index contributed by atoms with van der Waals surface area (Å²) in [7, 11) is 0. The molecule has 0 aromatic rings. The molecule has 0 spiro atoms. The zero-order chi connectivity index (χ0) is 16.6. The van der Waals surface area contributed by atoms with Gasteiger partial charge in [0, 0.05) is 0 Å². The van der Waals surface area contributed by atoms with Gasteiger partial charge in [0.25, 0.3) is 0 Å². The zero-order valence-electron chi connectivity index (χ0n) is 15.7. The molecule has 1 saturated heterocycles. The second-order valence-corrected chi connectivity index (χ2v) is 8.46. The summed E-state index contributed by atoms with van der Waals surface area (Å²) >= 11 is 0. The second kappa shape index (κ2) is 9.93. The third-order valence-corrected chi connectivity index (χ3v) is 5.44. The minimum atomic E-state index is -0.0145. The number of hydrogen-bond donors (Lipinski definition) is 1. The topological polar surface area (TPSA) is 32.8 Å². The van der Waals surface area contributed by atoms with Gasteiger partial charge in [-0.05, 0) is 31.1 Å². The SMILES string of the molecule is CC(C)CCC[C@@H](C)CCC[C@@H](C)CCC[C@@]1(C)O[C@@H]1CO. The van der Waals surface area contributed by atoms with Gasteiger partial charge in [-0.1, -0.05) is 79.1 Å². The van der Waals surface area contributed by atoms with Crippen molar-refractivity contribution in [2.75, 3.05) is 6.61 Å². The lowest BCUT2D eigenvalue weighted by molar-refractivity contribution is 0.234. The van der Waals surface area contributed by atoms with Crippen LogP contribution in [0.15, 0.2) is 0 Å². The van der Waals surface area contributed by atoms with Crippen LogP contribution >= 0.6 is 0 Å². The Morgan fingerprint density at radius 3 is 1.82 bits per heavy atom. The van der Waals surface area contributed by atoms with Crippen LogP contribution in [0.2, 0.25) is 0 Å². The maximum Gasteiger partial charge on any atom is 0.110 e. The number of hydrogen-bond acceptors (Lipinski definition) is 2. The molecule has 1 N–H and O–H groups in total. The lowest BCUT2D eigenvalue weighted by Crippen LogP contribution is -2.12. The number of rotatable bonds is 13. The van der Waals surface area contributed by atoms with Gasteiger partial charge in [0.1, 0.15) is 6.10 Å². The van der Waals surface area contributed by atoms with Gasteiger partial charge in [-0.3, -0.25) is 0 Å². The first-order chi connectivity index (χ1) is 10.4. The van der Waals surface area contributed by atoms with Crippen LogP contribution in [0.1, 0.15) is 92.4 Å². The number of epoxide rings is 1. The molecular formula is C20H40O2. The van der Waals surface area contributed by atoms with E-state index >= 15 is 0 Å². The van der Waals surface area contributed by atoms with Crippen LogP contribution in [-0.4, -0.2) is 23.4 Å². The van der Waals surface area contributed by atoms with Gasteiger partial charge in [0.05, 0.1) is 12.2 Å². The fraction of sp³-hybridized carbons (Fsp3) is 1.00. The van der Waals surface area contributed by atoms with Crippen molar-refractivity contribution in [1.29, 1.82) is 0 Å². The largest absolute Gasteiger partial charge is 0.394 e. The first-order valence-corrected chi connectivity index (χ1v) is 9.66. The molecule has 132 valence electrons. The predicted molar refractivity (Wildman–Crippen MR) is 95.1 cm³/mol. The minimum Gasteiger partial charge on any atom is -0.394 e. The third kappa shape index (κ3) is 7.97. The van der Waals surface area contributed by atoms with Crippen molar-refractivity contribution < 1.29 is 9.84 Å². The van der Waals surface area contributed by atoms with Gasteiger partial charge in [-0.2, -0.15) is 0 Å². The Kier molecular flexibility index (Phi) is 9.01. The van der Waals surface area contributed by atoms with E-state index in [2.05, 4.69) is 34.6 Å². The molecule has 22 heavy (non-hydrogen) atoms. The van der Waals surface area contributed by atoms with Gasteiger partial charge < -0.3 is 9.84 Å². The lowest BCUT2D eigenvalue weighted by atomic mass is 9.90. The Morgan fingerprint density at radius 1 is 0.864 bits per heavy atom. The van der Waals surface area contributed by atoms with Crippen LogP contribution in [0.5, 0.6) is 0 Å². The Morgan fingerprint density at radius 2 is 1.36 bits per heavy atom. The average Bonchev–Trinajstić information content (AvgIpc) is 3.09. The van der Waals surface area contributed by atoms with Crippen LogP contribution in [-0.2, 0) is 4.74 Å². The van der Waals surface area contributed by atoms with E-state index in [0.717, 1.165) is 24.2 Å². The van der Waals surface area contributed by atoms with Gasteiger partial charge in [0.15, 0.2) is 0 Å². The molecule has 0 aliphatic carbocycles. The van der Waals surface area contributed by atoms with Gasteiger partial charge in [0.2, 0.25) is 0 Å². The average molecular weight is 313 g/mol. The fourth-order valence-corrected chi connectivity index (χ4v) is 3.52. The zero-order valence-corrected chi connectivity index (χ0v) is 15.7. The van der Waals surface area contributed by atoms with Crippen LogP contribution in [0.25, 0.3) is 0 Å². The molecule has 0 aromatic carbocycles. The molecule has 1 rings (SSSR count). The summed E-state index contributed by atoms with van der Waals surface area (Å²) in [5, 5.41) is 9.09. The van der Waals surface area contributed by atoms with Crippen molar-refractivity contribution in [3.63, 3.8) is 0 Å². The minimum absolute atomic E-state index is 0.0145. The van der Waals surface area contributed by atoms with E-state index < -0.39 is 0 Å². The molecule has 0 aromatic heterocycles. The molecule has 0 bridgehead atoms. The van der Waals surface area contributed by atoms with Crippen molar-refractivity contribution in [2.24, 2.45) is 17.8 Å². The molecule has 0 radical (unpaired) electrons. The van der Waals surface area contributed by atoms with Gasteiger partial charge in [-0.15, -0.1) is 0 Å². The molecule has 0 unspecified atom stereocenters. The van der Waals surface area contributed by atoms with E-state index in [-0.39, 0.29) is 18.3 Å². The van der Waals surface area contributed by atoms with E-state index in [4.69, 9.17) is 9.84 Å². The maximum absolute atomic E-state index is 9.09. The number of aliphatic hydroxyl groups excluding tert-OH is 1. The predicted octanol–water partition coefficient (Wildman–Crippen LogP) is 5.58. The Bertz CT molecular complexity index is 289. The second-order valence-electron chi connectivity index (χ2n) is 8.46. The molecule has 4 atom stereocenters. The van der Waals surface area contributed by atoms with E-state index in [1.54, 1.807) is 0 Å². The summed E-state index contributed by atoms with van der Waals surface area (Å²) in [6, 6.07) is 0. The highest BCUT2D eigenvalue weighted by molar-refractivity contribution is 4.98.